The van der Waals surface area contributed by atoms with Gasteiger partial charge in [0.1, 0.15) is 5.78 Å². The van der Waals surface area contributed by atoms with E-state index in [0.717, 1.165) is 41.1 Å². The van der Waals surface area contributed by atoms with Crippen LogP contribution in [0.25, 0.3) is 0 Å². The summed E-state index contributed by atoms with van der Waals surface area (Å²) in [6, 6.07) is 0. The number of hydrogen-bond acceptors (Lipinski definition) is 2. The number of alkyl halides is 1. The SMILES string of the molecule is O=C1CCC(C2CCC(C3CCC(I)CO3)CC2)CC1. The Hall–Kier alpha value is 0.360. The lowest BCUT2D eigenvalue weighted by Gasteiger charge is -2.39. The highest BCUT2D eigenvalue weighted by atomic mass is 127. The Morgan fingerprint density at radius 2 is 1.40 bits per heavy atom. The Labute approximate surface area is 136 Å². The lowest BCUT2D eigenvalue weighted by atomic mass is 9.69. The van der Waals surface area contributed by atoms with Crippen LogP contribution in [0.1, 0.15) is 64.2 Å². The molecule has 0 amide bonds. The smallest absolute Gasteiger partial charge is 0.132 e. The summed E-state index contributed by atoms with van der Waals surface area (Å²) in [6.45, 7) is 0.968. The van der Waals surface area contributed by atoms with Crippen LogP contribution in [0.15, 0.2) is 0 Å². The highest BCUT2D eigenvalue weighted by Gasteiger charge is 2.34. The highest BCUT2D eigenvalue weighted by molar-refractivity contribution is 14.1. The molecular weight excluding hydrogens is 363 g/mol. The summed E-state index contributed by atoms with van der Waals surface area (Å²) < 4.78 is 6.81. The van der Waals surface area contributed by atoms with Crippen LogP contribution in [0.5, 0.6) is 0 Å². The third-order valence-electron chi connectivity index (χ3n) is 5.85. The van der Waals surface area contributed by atoms with E-state index in [1.807, 2.05) is 0 Å². The molecular formula is C17H27IO2. The summed E-state index contributed by atoms with van der Waals surface area (Å²) >= 11 is 2.52. The zero-order valence-corrected chi connectivity index (χ0v) is 14.5. The first-order chi connectivity index (χ1) is 9.72. The summed E-state index contributed by atoms with van der Waals surface area (Å²) in [6.07, 6.45) is 12.7. The molecule has 2 atom stereocenters. The van der Waals surface area contributed by atoms with E-state index < -0.39 is 0 Å². The number of halogens is 1. The highest BCUT2D eigenvalue weighted by Crippen LogP contribution is 2.41. The van der Waals surface area contributed by atoms with E-state index in [9.17, 15) is 4.79 Å². The third kappa shape index (κ3) is 3.76. The van der Waals surface area contributed by atoms with Crippen molar-refractivity contribution in [2.75, 3.05) is 6.61 Å². The van der Waals surface area contributed by atoms with Gasteiger partial charge in [-0.05, 0) is 69.1 Å². The Morgan fingerprint density at radius 1 is 0.800 bits per heavy atom. The monoisotopic (exact) mass is 390 g/mol. The van der Waals surface area contributed by atoms with Gasteiger partial charge in [0, 0.05) is 16.8 Å². The van der Waals surface area contributed by atoms with Gasteiger partial charge in [0.25, 0.3) is 0 Å². The van der Waals surface area contributed by atoms with Crippen LogP contribution in [-0.4, -0.2) is 22.4 Å². The van der Waals surface area contributed by atoms with Crippen molar-refractivity contribution in [3.63, 3.8) is 0 Å². The molecule has 1 saturated heterocycles. The number of ether oxygens (including phenoxy) is 1. The second-order valence-corrected chi connectivity index (χ2v) is 8.86. The van der Waals surface area contributed by atoms with Gasteiger partial charge < -0.3 is 4.74 Å². The molecule has 2 saturated carbocycles. The number of ketones is 1. The van der Waals surface area contributed by atoms with E-state index >= 15 is 0 Å². The first-order valence-electron chi connectivity index (χ1n) is 8.49. The minimum absolute atomic E-state index is 0.499. The average Bonchev–Trinajstić information content (AvgIpc) is 2.49. The second kappa shape index (κ2) is 7.08. The molecule has 1 heterocycles. The fourth-order valence-corrected chi connectivity index (χ4v) is 5.10. The molecule has 3 aliphatic rings. The van der Waals surface area contributed by atoms with Crippen LogP contribution in [0.3, 0.4) is 0 Å². The molecule has 3 fully saturated rings. The average molecular weight is 390 g/mol. The van der Waals surface area contributed by atoms with Crippen molar-refractivity contribution >= 4 is 28.4 Å². The van der Waals surface area contributed by atoms with Crippen molar-refractivity contribution in [3.05, 3.63) is 0 Å². The maximum Gasteiger partial charge on any atom is 0.132 e. The van der Waals surface area contributed by atoms with Gasteiger partial charge in [-0.15, -0.1) is 0 Å². The molecule has 20 heavy (non-hydrogen) atoms. The largest absolute Gasteiger partial charge is 0.377 e. The van der Waals surface area contributed by atoms with E-state index in [-0.39, 0.29) is 0 Å². The van der Waals surface area contributed by atoms with Crippen molar-refractivity contribution in [2.24, 2.45) is 17.8 Å². The van der Waals surface area contributed by atoms with Crippen molar-refractivity contribution in [3.8, 4) is 0 Å². The van der Waals surface area contributed by atoms with Gasteiger partial charge in [-0.25, -0.2) is 0 Å². The Bertz CT molecular complexity index is 318. The summed E-state index contributed by atoms with van der Waals surface area (Å²) in [5.74, 6) is 3.07. The molecule has 1 aliphatic heterocycles. The van der Waals surface area contributed by atoms with E-state index in [2.05, 4.69) is 22.6 Å². The predicted octanol–water partition coefficient (Wildman–Crippen LogP) is 4.53. The van der Waals surface area contributed by atoms with E-state index in [1.54, 1.807) is 0 Å². The van der Waals surface area contributed by atoms with Crippen molar-refractivity contribution in [2.45, 2.75) is 74.2 Å². The van der Waals surface area contributed by atoms with E-state index in [0.29, 0.717) is 11.9 Å². The molecule has 0 aromatic carbocycles. The lowest BCUT2D eigenvalue weighted by molar-refractivity contribution is -0.121. The molecule has 0 aromatic rings. The molecule has 0 spiro atoms. The maximum atomic E-state index is 11.4. The van der Waals surface area contributed by atoms with Gasteiger partial charge in [-0.1, -0.05) is 22.6 Å². The summed E-state index contributed by atoms with van der Waals surface area (Å²) in [7, 11) is 0. The minimum atomic E-state index is 0.499. The Kier molecular flexibility index (Phi) is 5.40. The van der Waals surface area contributed by atoms with Crippen molar-refractivity contribution in [1.29, 1.82) is 0 Å². The van der Waals surface area contributed by atoms with E-state index in [4.69, 9.17) is 4.74 Å². The second-order valence-electron chi connectivity index (χ2n) is 7.10. The zero-order chi connectivity index (χ0) is 13.9. The van der Waals surface area contributed by atoms with Gasteiger partial charge >= 0.3 is 0 Å². The first kappa shape index (κ1) is 15.3. The van der Waals surface area contributed by atoms with Gasteiger partial charge in [0.05, 0.1) is 12.7 Å². The number of hydrogen-bond donors (Lipinski definition) is 0. The van der Waals surface area contributed by atoms with Gasteiger partial charge in [0.2, 0.25) is 0 Å². The van der Waals surface area contributed by atoms with Crippen LogP contribution < -0.4 is 0 Å². The number of carbonyl (C=O) groups excluding carboxylic acids is 1. The minimum Gasteiger partial charge on any atom is -0.377 e. The van der Waals surface area contributed by atoms with Crippen LogP contribution in [0, 0.1) is 17.8 Å². The molecule has 2 unspecified atom stereocenters. The zero-order valence-electron chi connectivity index (χ0n) is 12.4. The Morgan fingerprint density at radius 3 is 2.00 bits per heavy atom. The van der Waals surface area contributed by atoms with Crippen LogP contribution >= 0.6 is 22.6 Å². The summed E-state index contributed by atoms with van der Waals surface area (Å²) in [5.41, 5.74) is 0. The normalized spacial score (nSPS) is 40.8. The molecule has 0 bridgehead atoms. The molecule has 0 radical (unpaired) electrons. The fraction of sp³-hybridized carbons (Fsp3) is 0.941. The standard InChI is InChI=1S/C17H27IO2/c18-15-7-10-17(20-11-15)14-3-1-12(2-4-14)13-5-8-16(19)9-6-13/h12-15,17H,1-11H2. The number of Topliss-reactive ketones (excluding diaryl/α,β-unsaturated/α-hetero) is 1. The maximum absolute atomic E-state index is 11.4. The first-order valence-corrected chi connectivity index (χ1v) is 9.74. The van der Waals surface area contributed by atoms with Crippen LogP contribution in [-0.2, 0) is 9.53 Å². The van der Waals surface area contributed by atoms with Gasteiger partial charge in [-0.2, -0.15) is 0 Å². The van der Waals surface area contributed by atoms with Gasteiger partial charge in [-0.3, -0.25) is 4.79 Å². The van der Waals surface area contributed by atoms with Gasteiger partial charge in [0.15, 0.2) is 0 Å². The lowest BCUT2D eigenvalue weighted by Crippen LogP contribution is -2.35. The predicted molar refractivity (Wildman–Crippen MR) is 89.2 cm³/mol. The third-order valence-corrected chi connectivity index (χ3v) is 6.83. The molecule has 0 aromatic heterocycles. The van der Waals surface area contributed by atoms with Crippen LogP contribution in [0.2, 0.25) is 0 Å². The molecule has 2 aliphatic carbocycles. The number of rotatable bonds is 2. The molecule has 3 heteroatoms. The fourth-order valence-electron chi connectivity index (χ4n) is 4.53. The summed E-state index contributed by atoms with van der Waals surface area (Å²) in [5, 5.41) is 0. The van der Waals surface area contributed by atoms with Crippen molar-refractivity contribution < 1.29 is 9.53 Å². The molecule has 3 rings (SSSR count). The number of carbonyl (C=O) groups is 1. The quantitative estimate of drug-likeness (QED) is 0.511. The van der Waals surface area contributed by atoms with Crippen LogP contribution in [0.4, 0.5) is 0 Å². The van der Waals surface area contributed by atoms with E-state index in [1.165, 1.54) is 51.4 Å². The molecule has 114 valence electrons. The topological polar surface area (TPSA) is 26.3 Å². The molecule has 0 N–H and O–H groups in total. The Balaban J connectivity index is 1.44. The molecule has 2 nitrogen and oxygen atoms in total. The van der Waals surface area contributed by atoms with Crippen molar-refractivity contribution in [1.82, 2.24) is 0 Å². The summed E-state index contributed by atoms with van der Waals surface area (Å²) in [4.78, 5) is 11.4.